The molecule has 0 aliphatic heterocycles. The summed E-state index contributed by atoms with van der Waals surface area (Å²) >= 11 is 0. The smallest absolute Gasteiger partial charge is 0.222 e. The normalized spacial score (nSPS) is 11.6. The summed E-state index contributed by atoms with van der Waals surface area (Å²) in [5.74, 6) is -0.626. The molecule has 1 atom stereocenters. The summed E-state index contributed by atoms with van der Waals surface area (Å²) < 4.78 is 13.1. The van der Waals surface area contributed by atoms with Gasteiger partial charge < -0.3 is 10.6 Å². The topological polar surface area (TPSA) is 58.2 Å². The molecule has 0 unspecified atom stereocenters. The molecule has 0 spiro atoms. The minimum Gasteiger partial charge on any atom is -0.356 e. The summed E-state index contributed by atoms with van der Waals surface area (Å²) in [6, 6.07) is 15.3. The third kappa shape index (κ3) is 5.83. The van der Waals surface area contributed by atoms with Crippen molar-refractivity contribution in [3.8, 4) is 0 Å². The van der Waals surface area contributed by atoms with Crippen LogP contribution in [-0.2, 0) is 16.0 Å². The van der Waals surface area contributed by atoms with Crippen LogP contribution in [0.4, 0.5) is 4.39 Å². The molecular weight excluding hydrogens is 307 g/mol. The maximum Gasteiger partial charge on any atom is 0.222 e. The molecule has 4 nitrogen and oxygen atoms in total. The monoisotopic (exact) mass is 328 g/mol. The fourth-order valence-corrected chi connectivity index (χ4v) is 2.48. The Morgan fingerprint density at radius 3 is 2.50 bits per heavy atom. The van der Waals surface area contributed by atoms with Crippen LogP contribution in [0.3, 0.4) is 0 Å². The average molecular weight is 328 g/mol. The quantitative estimate of drug-likeness (QED) is 0.821. The van der Waals surface area contributed by atoms with Crippen molar-refractivity contribution in [2.75, 3.05) is 6.54 Å². The number of nitrogens with one attached hydrogen (secondary N) is 2. The molecule has 5 heteroatoms. The molecule has 2 N–H and O–H groups in total. The minimum absolute atomic E-state index is 0.158. The maximum atomic E-state index is 13.1. The molecule has 0 saturated heterocycles. The van der Waals surface area contributed by atoms with Gasteiger partial charge in [-0.15, -0.1) is 0 Å². The van der Waals surface area contributed by atoms with E-state index in [0.29, 0.717) is 13.0 Å². The zero-order chi connectivity index (χ0) is 17.4. The Balaban J connectivity index is 1.87. The lowest BCUT2D eigenvalue weighted by Crippen LogP contribution is -2.33. The van der Waals surface area contributed by atoms with Gasteiger partial charge in [0.15, 0.2) is 0 Å². The van der Waals surface area contributed by atoms with Crippen LogP contribution in [0.2, 0.25) is 0 Å². The zero-order valence-corrected chi connectivity index (χ0v) is 13.6. The first-order chi connectivity index (χ1) is 11.5. The lowest BCUT2D eigenvalue weighted by molar-refractivity contribution is -0.122. The van der Waals surface area contributed by atoms with E-state index in [4.69, 9.17) is 0 Å². The number of hydrogen-bond acceptors (Lipinski definition) is 2. The van der Waals surface area contributed by atoms with Crippen LogP contribution in [0.1, 0.15) is 30.5 Å². The molecule has 0 bridgehead atoms. The van der Waals surface area contributed by atoms with Gasteiger partial charge in [0.25, 0.3) is 0 Å². The van der Waals surface area contributed by atoms with E-state index >= 15 is 0 Å². The molecule has 2 aromatic carbocycles. The van der Waals surface area contributed by atoms with Gasteiger partial charge in [-0.05, 0) is 29.7 Å². The Morgan fingerprint density at radius 2 is 1.83 bits per heavy atom. The lowest BCUT2D eigenvalue weighted by Gasteiger charge is -2.18. The van der Waals surface area contributed by atoms with Gasteiger partial charge in [-0.3, -0.25) is 9.59 Å². The number of rotatable bonds is 7. The largest absolute Gasteiger partial charge is 0.356 e. The van der Waals surface area contributed by atoms with Crippen LogP contribution in [0.15, 0.2) is 54.6 Å². The number of benzene rings is 2. The molecule has 2 rings (SSSR count). The standard InChI is InChI=1S/C19H21FN2O2/c1-14(23)22-18(16-7-3-2-4-8-16)13-19(24)21-11-10-15-6-5-9-17(20)12-15/h2-9,12,18H,10-11,13H2,1H3,(H,21,24)(H,22,23)/t18-/m1/s1. The Labute approximate surface area is 141 Å². The minimum atomic E-state index is -0.363. The fourth-order valence-electron chi connectivity index (χ4n) is 2.48. The lowest BCUT2D eigenvalue weighted by atomic mass is 10.0. The second-order valence-corrected chi connectivity index (χ2v) is 5.60. The van der Waals surface area contributed by atoms with Gasteiger partial charge in [-0.2, -0.15) is 0 Å². The van der Waals surface area contributed by atoms with Gasteiger partial charge >= 0.3 is 0 Å². The van der Waals surface area contributed by atoms with E-state index in [1.165, 1.54) is 19.1 Å². The van der Waals surface area contributed by atoms with Gasteiger partial charge in [0.1, 0.15) is 5.82 Å². The molecule has 0 aromatic heterocycles. The molecule has 126 valence electrons. The van der Waals surface area contributed by atoms with Gasteiger partial charge in [0.2, 0.25) is 11.8 Å². The number of halogens is 1. The highest BCUT2D eigenvalue weighted by Gasteiger charge is 2.16. The summed E-state index contributed by atoms with van der Waals surface area (Å²) in [6.45, 7) is 1.85. The average Bonchev–Trinajstić information content (AvgIpc) is 2.55. The van der Waals surface area contributed by atoms with Crippen molar-refractivity contribution in [1.29, 1.82) is 0 Å². The van der Waals surface area contributed by atoms with E-state index in [-0.39, 0.29) is 30.1 Å². The molecule has 0 aliphatic rings. The van der Waals surface area contributed by atoms with Crippen LogP contribution in [0, 0.1) is 5.82 Å². The highest BCUT2D eigenvalue weighted by Crippen LogP contribution is 2.16. The van der Waals surface area contributed by atoms with Crippen molar-refractivity contribution in [2.24, 2.45) is 0 Å². The highest BCUT2D eigenvalue weighted by molar-refractivity contribution is 5.79. The molecule has 24 heavy (non-hydrogen) atoms. The predicted molar refractivity (Wildman–Crippen MR) is 90.7 cm³/mol. The SMILES string of the molecule is CC(=O)N[C@H](CC(=O)NCCc1cccc(F)c1)c1ccccc1. The molecular formula is C19H21FN2O2. The highest BCUT2D eigenvalue weighted by atomic mass is 19.1. The molecule has 0 heterocycles. The summed E-state index contributed by atoms with van der Waals surface area (Å²) in [7, 11) is 0. The Morgan fingerprint density at radius 1 is 1.08 bits per heavy atom. The number of hydrogen-bond donors (Lipinski definition) is 2. The van der Waals surface area contributed by atoms with Crippen LogP contribution in [0.25, 0.3) is 0 Å². The van der Waals surface area contributed by atoms with Crippen LogP contribution >= 0.6 is 0 Å². The van der Waals surface area contributed by atoms with Gasteiger partial charge in [-0.1, -0.05) is 42.5 Å². The first-order valence-corrected chi connectivity index (χ1v) is 7.88. The predicted octanol–water partition coefficient (Wildman–Crippen LogP) is 2.75. The van der Waals surface area contributed by atoms with Gasteiger partial charge in [-0.25, -0.2) is 4.39 Å². The van der Waals surface area contributed by atoms with Crippen molar-refractivity contribution in [3.05, 3.63) is 71.5 Å². The molecule has 0 aliphatic carbocycles. The van der Waals surface area contributed by atoms with E-state index in [2.05, 4.69) is 10.6 Å². The van der Waals surface area contributed by atoms with Crippen molar-refractivity contribution in [3.63, 3.8) is 0 Å². The first kappa shape index (κ1) is 17.7. The van der Waals surface area contributed by atoms with Crippen molar-refractivity contribution >= 4 is 11.8 Å². The molecule has 0 fully saturated rings. The van der Waals surface area contributed by atoms with E-state index < -0.39 is 0 Å². The summed E-state index contributed by atoms with van der Waals surface area (Å²) in [5, 5.41) is 5.60. The number of amides is 2. The first-order valence-electron chi connectivity index (χ1n) is 7.88. The number of carbonyl (C=O) groups is 2. The molecule has 2 aromatic rings. The Bertz CT molecular complexity index is 689. The summed E-state index contributed by atoms with van der Waals surface area (Å²) in [6.07, 6.45) is 0.715. The number of carbonyl (C=O) groups excluding carboxylic acids is 2. The van der Waals surface area contributed by atoms with Gasteiger partial charge in [0.05, 0.1) is 12.5 Å². The third-order valence-electron chi connectivity index (χ3n) is 3.59. The Kier molecular flexibility index (Phi) is 6.49. The second-order valence-electron chi connectivity index (χ2n) is 5.60. The van der Waals surface area contributed by atoms with Crippen LogP contribution < -0.4 is 10.6 Å². The van der Waals surface area contributed by atoms with Crippen molar-refractivity contribution in [1.82, 2.24) is 10.6 Å². The third-order valence-corrected chi connectivity index (χ3v) is 3.59. The molecule has 2 amide bonds. The summed E-state index contributed by atoms with van der Waals surface area (Å²) in [5.41, 5.74) is 1.71. The van der Waals surface area contributed by atoms with E-state index in [1.54, 1.807) is 6.07 Å². The van der Waals surface area contributed by atoms with Crippen LogP contribution in [0.5, 0.6) is 0 Å². The maximum absolute atomic E-state index is 13.1. The zero-order valence-electron chi connectivity index (χ0n) is 13.6. The van der Waals surface area contributed by atoms with Gasteiger partial charge in [0, 0.05) is 13.5 Å². The van der Waals surface area contributed by atoms with Crippen molar-refractivity contribution < 1.29 is 14.0 Å². The summed E-state index contributed by atoms with van der Waals surface area (Å²) in [4.78, 5) is 23.5. The van der Waals surface area contributed by atoms with E-state index in [0.717, 1.165) is 11.1 Å². The van der Waals surface area contributed by atoms with E-state index in [9.17, 15) is 14.0 Å². The second kappa shape index (κ2) is 8.82. The fraction of sp³-hybridized carbons (Fsp3) is 0.263. The Hall–Kier alpha value is -2.69. The van der Waals surface area contributed by atoms with Crippen molar-refractivity contribution in [2.45, 2.75) is 25.8 Å². The van der Waals surface area contributed by atoms with Crippen LogP contribution in [-0.4, -0.2) is 18.4 Å². The van der Waals surface area contributed by atoms with E-state index in [1.807, 2.05) is 36.4 Å². The molecule has 0 saturated carbocycles. The molecule has 0 radical (unpaired) electrons.